The molecule has 3 rings (SSSR count). The molecule has 0 aliphatic carbocycles. The number of alkyl halides is 3. The summed E-state index contributed by atoms with van der Waals surface area (Å²) < 4.78 is 65.6. The number of hydrogen-bond donors (Lipinski definition) is 1. The molecule has 0 atom stereocenters. The Bertz CT molecular complexity index is 1290. The van der Waals surface area contributed by atoms with Crippen molar-refractivity contribution in [3.05, 3.63) is 68.7 Å². The van der Waals surface area contributed by atoms with Gasteiger partial charge >= 0.3 is 6.18 Å². The van der Waals surface area contributed by atoms with E-state index in [9.17, 15) is 31.5 Å². The lowest BCUT2D eigenvalue weighted by Gasteiger charge is -2.14. The number of halogens is 4. The Morgan fingerprint density at radius 2 is 1.87 bits per heavy atom. The molecule has 1 aromatic heterocycles. The molecule has 160 valence electrons. The first-order chi connectivity index (χ1) is 14.0. The van der Waals surface area contributed by atoms with Crippen LogP contribution in [0.1, 0.15) is 23.6 Å². The third-order valence-electron chi connectivity index (χ3n) is 4.60. The highest BCUT2D eigenvalue weighted by Crippen LogP contribution is 2.33. The van der Waals surface area contributed by atoms with Crippen LogP contribution in [0.4, 0.5) is 13.2 Å². The molecule has 0 aliphatic heterocycles. The molecule has 30 heavy (non-hydrogen) atoms. The van der Waals surface area contributed by atoms with Gasteiger partial charge < -0.3 is 5.11 Å². The second-order valence-corrected chi connectivity index (χ2v) is 9.20. The average Bonchev–Trinajstić information content (AvgIpc) is 2.68. The van der Waals surface area contributed by atoms with E-state index in [4.69, 9.17) is 11.6 Å². The summed E-state index contributed by atoms with van der Waals surface area (Å²) in [4.78, 5) is 16.8. The fourth-order valence-electron chi connectivity index (χ4n) is 3.07. The van der Waals surface area contributed by atoms with Crippen LogP contribution in [0.5, 0.6) is 0 Å². The number of nitrogens with zero attached hydrogens (tertiary/aromatic N) is 2. The maximum atomic E-state index is 13.3. The summed E-state index contributed by atoms with van der Waals surface area (Å²) in [6, 6.07) is 5.77. The van der Waals surface area contributed by atoms with Gasteiger partial charge in [-0.3, -0.25) is 9.36 Å². The van der Waals surface area contributed by atoms with Gasteiger partial charge in [0.25, 0.3) is 5.56 Å². The number of sulfone groups is 1. The van der Waals surface area contributed by atoms with Crippen LogP contribution in [0.25, 0.3) is 10.9 Å². The van der Waals surface area contributed by atoms with Gasteiger partial charge in [-0.25, -0.2) is 13.4 Å². The zero-order chi connectivity index (χ0) is 22.3. The summed E-state index contributed by atoms with van der Waals surface area (Å²) in [6.07, 6.45) is -3.66. The van der Waals surface area contributed by atoms with E-state index < -0.39 is 39.3 Å². The molecule has 1 heterocycles. The molecule has 0 saturated heterocycles. The molecule has 1 N–H and O–H groups in total. The summed E-state index contributed by atoms with van der Waals surface area (Å²) in [5, 5.41) is 9.18. The van der Waals surface area contributed by atoms with Crippen molar-refractivity contribution in [1.82, 2.24) is 9.55 Å². The number of aromatic nitrogens is 2. The lowest BCUT2D eigenvalue weighted by Crippen LogP contribution is -2.23. The van der Waals surface area contributed by atoms with Gasteiger partial charge in [-0.05, 0) is 41.5 Å². The molecular weight excluding hydrogens is 445 g/mol. The number of benzene rings is 2. The van der Waals surface area contributed by atoms with E-state index in [1.165, 1.54) is 25.1 Å². The minimum Gasteiger partial charge on any atom is -0.392 e. The van der Waals surface area contributed by atoms with Crippen molar-refractivity contribution >= 4 is 32.3 Å². The largest absolute Gasteiger partial charge is 0.416 e. The van der Waals surface area contributed by atoms with Crippen molar-refractivity contribution in [2.24, 2.45) is 0 Å². The number of aliphatic hydroxyl groups is 1. The van der Waals surface area contributed by atoms with Gasteiger partial charge in [0, 0.05) is 5.02 Å². The summed E-state index contributed by atoms with van der Waals surface area (Å²) in [6.45, 7) is 0.352. The Kier molecular flexibility index (Phi) is 5.94. The molecule has 0 fully saturated rings. The predicted octanol–water partition coefficient (Wildman–Crippen LogP) is 3.40. The van der Waals surface area contributed by atoms with Crippen LogP contribution in [0.15, 0.2) is 46.3 Å². The highest BCUT2D eigenvalue weighted by atomic mass is 35.5. The topological polar surface area (TPSA) is 89.3 Å². The normalized spacial score (nSPS) is 12.5. The molecular formula is C19H16ClF3N2O4S. The highest BCUT2D eigenvalue weighted by Gasteiger charge is 2.34. The zero-order valence-corrected chi connectivity index (χ0v) is 17.1. The van der Waals surface area contributed by atoms with Crippen molar-refractivity contribution in [3.8, 4) is 0 Å². The molecule has 0 bridgehead atoms. The molecule has 0 amide bonds. The molecule has 0 unspecified atom stereocenters. The number of fused-ring (bicyclic) bond motifs is 1. The van der Waals surface area contributed by atoms with Crippen LogP contribution in [0.2, 0.25) is 5.02 Å². The van der Waals surface area contributed by atoms with E-state index in [0.29, 0.717) is 6.07 Å². The maximum absolute atomic E-state index is 13.3. The molecule has 3 aromatic rings. The van der Waals surface area contributed by atoms with Crippen molar-refractivity contribution in [1.29, 1.82) is 0 Å². The number of aliphatic hydroxyl groups excluding tert-OH is 1. The van der Waals surface area contributed by atoms with Gasteiger partial charge in [-0.1, -0.05) is 18.5 Å². The van der Waals surface area contributed by atoms with Crippen LogP contribution < -0.4 is 5.56 Å². The Balaban J connectivity index is 2.19. The van der Waals surface area contributed by atoms with Crippen LogP contribution in [0.3, 0.4) is 0 Å². The van der Waals surface area contributed by atoms with E-state index in [0.717, 1.165) is 17.0 Å². The standard InChI is InChI=1S/C19H16ClF3N2O4S/c1-2-30(28,29)17-4-3-13(20)5-11(17)8-25-10-24-16-6-12(9-26)15(19(21,22)23)7-14(16)18(25)27/h3-7,10,26H,2,8-9H2,1H3. The molecule has 0 saturated carbocycles. The highest BCUT2D eigenvalue weighted by molar-refractivity contribution is 7.91. The Morgan fingerprint density at radius 1 is 1.17 bits per heavy atom. The van der Waals surface area contributed by atoms with Crippen LogP contribution >= 0.6 is 11.6 Å². The van der Waals surface area contributed by atoms with Crippen molar-refractivity contribution in [2.75, 3.05) is 5.75 Å². The van der Waals surface area contributed by atoms with Crippen LogP contribution in [0, 0.1) is 0 Å². The fraction of sp³-hybridized carbons (Fsp3) is 0.263. The van der Waals surface area contributed by atoms with Gasteiger partial charge in [0.2, 0.25) is 0 Å². The Hall–Kier alpha value is -2.43. The van der Waals surface area contributed by atoms with E-state index in [2.05, 4.69) is 4.98 Å². The van der Waals surface area contributed by atoms with Crippen molar-refractivity contribution in [3.63, 3.8) is 0 Å². The number of rotatable bonds is 5. The fourth-order valence-corrected chi connectivity index (χ4v) is 4.37. The van der Waals surface area contributed by atoms with Gasteiger partial charge in [0.05, 0.1) is 46.6 Å². The van der Waals surface area contributed by atoms with E-state index >= 15 is 0 Å². The summed E-state index contributed by atoms with van der Waals surface area (Å²) in [7, 11) is -3.63. The molecule has 0 spiro atoms. The van der Waals surface area contributed by atoms with Crippen molar-refractivity contribution in [2.45, 2.75) is 31.1 Å². The molecule has 11 heteroatoms. The van der Waals surface area contributed by atoms with Gasteiger partial charge in [-0.2, -0.15) is 13.2 Å². The minimum atomic E-state index is -4.77. The quantitative estimate of drug-likeness (QED) is 0.630. The van der Waals surface area contributed by atoms with Gasteiger partial charge in [0.1, 0.15) is 0 Å². The van der Waals surface area contributed by atoms with Crippen LogP contribution in [-0.2, 0) is 29.2 Å². The third kappa shape index (κ3) is 4.21. The second kappa shape index (κ2) is 8.01. The third-order valence-corrected chi connectivity index (χ3v) is 6.67. The SMILES string of the molecule is CCS(=O)(=O)c1ccc(Cl)cc1Cn1cnc2cc(CO)c(C(F)(F)F)cc2c1=O. The monoisotopic (exact) mass is 460 g/mol. The zero-order valence-electron chi connectivity index (χ0n) is 15.6. The van der Waals surface area contributed by atoms with Crippen LogP contribution in [-0.4, -0.2) is 28.8 Å². The minimum absolute atomic E-state index is 0.0132. The molecule has 0 radical (unpaired) electrons. The van der Waals surface area contributed by atoms with Gasteiger partial charge in [-0.15, -0.1) is 0 Å². The Labute approximate surface area is 174 Å². The average molecular weight is 461 g/mol. The lowest BCUT2D eigenvalue weighted by molar-refractivity contribution is -0.138. The summed E-state index contributed by atoms with van der Waals surface area (Å²) >= 11 is 5.97. The van der Waals surface area contributed by atoms with E-state index in [1.54, 1.807) is 0 Å². The summed E-state index contributed by atoms with van der Waals surface area (Å²) in [5.74, 6) is -0.175. The number of hydrogen-bond acceptors (Lipinski definition) is 5. The smallest absolute Gasteiger partial charge is 0.392 e. The Morgan fingerprint density at radius 3 is 2.47 bits per heavy atom. The second-order valence-electron chi connectivity index (χ2n) is 6.52. The maximum Gasteiger partial charge on any atom is 0.416 e. The predicted molar refractivity (Wildman–Crippen MR) is 105 cm³/mol. The molecule has 0 aliphatic rings. The first-order valence-corrected chi connectivity index (χ1v) is 10.7. The van der Waals surface area contributed by atoms with E-state index in [1.807, 2.05) is 0 Å². The van der Waals surface area contributed by atoms with Crippen molar-refractivity contribution < 1.29 is 26.7 Å². The first-order valence-electron chi connectivity index (χ1n) is 8.69. The molecule has 2 aromatic carbocycles. The lowest BCUT2D eigenvalue weighted by atomic mass is 10.0. The first kappa shape index (κ1) is 22.3. The summed E-state index contributed by atoms with van der Waals surface area (Å²) in [5.41, 5.74) is -2.11. The van der Waals surface area contributed by atoms with Gasteiger partial charge in [0.15, 0.2) is 9.84 Å². The molecule has 6 nitrogen and oxygen atoms in total. The van der Waals surface area contributed by atoms with E-state index in [-0.39, 0.29) is 38.7 Å².